The first-order chi connectivity index (χ1) is 17.3. The number of nitrogens with zero attached hydrogens (tertiary/aromatic N) is 1. The lowest BCUT2D eigenvalue weighted by atomic mass is 10.0. The van der Waals surface area contributed by atoms with Gasteiger partial charge in [0.05, 0.1) is 13.2 Å². The van der Waals surface area contributed by atoms with Gasteiger partial charge in [-0.05, 0) is 0 Å². The van der Waals surface area contributed by atoms with Gasteiger partial charge in [0.1, 0.15) is 36.6 Å². The molecule has 0 aromatic carbocycles. The van der Waals surface area contributed by atoms with Crippen LogP contribution in [0.25, 0.3) is 0 Å². The van der Waals surface area contributed by atoms with Gasteiger partial charge in [-0.15, -0.1) is 0 Å². The number of rotatable bonds is 11. The number of carboxylic acids is 1. The molecule has 0 saturated carbocycles. The van der Waals surface area contributed by atoms with Gasteiger partial charge in [0.25, 0.3) is 5.56 Å². The second-order valence-corrected chi connectivity index (χ2v) is 10.2. The Labute approximate surface area is 210 Å². The minimum atomic E-state index is -5.32. The van der Waals surface area contributed by atoms with E-state index in [4.69, 9.17) is 50.1 Å². The molecule has 0 spiro atoms. The predicted molar refractivity (Wildman–Crippen MR) is 115 cm³/mol. The predicted octanol–water partition coefficient (Wildman–Crippen LogP) is -6.11. The minimum Gasteiger partial charge on any atom is -0.479 e. The lowest BCUT2D eigenvalue weighted by Gasteiger charge is -2.23. The zero-order chi connectivity index (χ0) is 29.6. The number of aliphatic hydroxyl groups excluding tert-OH is 7. The Bertz CT molecular complexity index is 1130. The Morgan fingerprint density at radius 2 is 1.66 bits per heavy atom. The number of aliphatic carboxylic acids is 1. The molecule has 1 aromatic rings. The molecule has 220 valence electrons. The molecule has 9 atom stereocenters. The smallest absolute Gasteiger partial charge is 0.479 e. The molecule has 21 nitrogen and oxygen atoms in total. The average Bonchev–Trinajstić information content (AvgIpc) is 3.08. The van der Waals surface area contributed by atoms with E-state index in [1.807, 2.05) is 4.98 Å². The summed E-state index contributed by atoms with van der Waals surface area (Å²) in [6, 6.07) is 0.962. The lowest BCUT2D eigenvalue weighted by molar-refractivity contribution is -0.164. The molecule has 0 bridgehead atoms. The van der Waals surface area contributed by atoms with Crippen molar-refractivity contribution in [1.29, 1.82) is 0 Å². The van der Waals surface area contributed by atoms with E-state index in [1.54, 1.807) is 0 Å². The van der Waals surface area contributed by atoms with Gasteiger partial charge in [-0.1, -0.05) is 0 Å². The van der Waals surface area contributed by atoms with Crippen LogP contribution >= 0.6 is 15.6 Å². The molecule has 1 aromatic heterocycles. The van der Waals surface area contributed by atoms with Crippen LogP contribution in [0.2, 0.25) is 0 Å². The van der Waals surface area contributed by atoms with Crippen molar-refractivity contribution in [3.8, 4) is 0 Å². The molecule has 0 aliphatic carbocycles. The van der Waals surface area contributed by atoms with Crippen LogP contribution in [-0.4, -0.2) is 127 Å². The highest BCUT2D eigenvalue weighted by Gasteiger charge is 2.45. The summed E-state index contributed by atoms with van der Waals surface area (Å²) in [5.74, 6) is -1.73. The number of carbonyl (C=O) groups is 1. The van der Waals surface area contributed by atoms with E-state index in [1.165, 1.54) is 0 Å². The third-order valence-corrected chi connectivity index (χ3v) is 6.73. The van der Waals surface area contributed by atoms with Crippen molar-refractivity contribution in [3.63, 3.8) is 0 Å². The molecule has 1 saturated heterocycles. The molecule has 23 heteroatoms. The fraction of sp³-hybridized carbons (Fsp3) is 0.667. The van der Waals surface area contributed by atoms with E-state index >= 15 is 0 Å². The summed E-state index contributed by atoms with van der Waals surface area (Å²) < 4.78 is 35.6. The van der Waals surface area contributed by atoms with Gasteiger partial charge in [-0.2, -0.15) is 4.31 Å². The van der Waals surface area contributed by atoms with Crippen molar-refractivity contribution in [2.75, 3.05) is 13.2 Å². The molecule has 12 N–H and O–H groups in total. The van der Waals surface area contributed by atoms with Crippen LogP contribution in [0.4, 0.5) is 0 Å². The molecular formula is C15H26N2O19P2. The van der Waals surface area contributed by atoms with E-state index in [2.05, 4.69) is 8.83 Å². The van der Waals surface area contributed by atoms with Gasteiger partial charge in [0, 0.05) is 12.3 Å². The lowest BCUT2D eigenvalue weighted by Crippen LogP contribution is -2.48. The van der Waals surface area contributed by atoms with Gasteiger partial charge in [0.15, 0.2) is 12.3 Å². The van der Waals surface area contributed by atoms with Gasteiger partial charge in [-0.3, -0.25) is 18.9 Å². The number of hydrogen-bond donors (Lipinski definition) is 12. The van der Waals surface area contributed by atoms with Gasteiger partial charge in [-0.25, -0.2) is 18.7 Å². The van der Waals surface area contributed by atoms with E-state index in [9.17, 15) is 33.7 Å². The number of phosphoric ester groups is 1. The third-order valence-electron chi connectivity index (χ3n) is 4.58. The van der Waals surface area contributed by atoms with Gasteiger partial charge >= 0.3 is 27.3 Å². The number of nitrogens with one attached hydrogen (secondary N) is 1. The van der Waals surface area contributed by atoms with Crippen LogP contribution in [0.15, 0.2) is 21.9 Å². The van der Waals surface area contributed by atoms with Crippen LogP contribution in [-0.2, 0) is 27.5 Å². The minimum absolute atomic E-state index is 0.704. The van der Waals surface area contributed by atoms with Crippen LogP contribution < -0.4 is 11.2 Å². The molecule has 2 heterocycles. The molecule has 1 aliphatic rings. The Morgan fingerprint density at radius 3 is 2.13 bits per heavy atom. The Morgan fingerprint density at radius 1 is 1.08 bits per heavy atom. The summed E-state index contributed by atoms with van der Waals surface area (Å²) in [5.41, 5.74) is -1.65. The quantitative estimate of drug-likeness (QED) is 0.105. The molecule has 5 unspecified atom stereocenters. The normalized spacial score (nSPS) is 26.4. The maximum Gasteiger partial charge on any atom is 0.481 e. The van der Waals surface area contributed by atoms with Crippen LogP contribution in [0, 0.1) is 0 Å². The number of aliphatic hydroxyl groups is 7. The third kappa shape index (κ3) is 10.0. The van der Waals surface area contributed by atoms with Crippen LogP contribution in [0.3, 0.4) is 0 Å². The highest BCUT2D eigenvalue weighted by molar-refractivity contribution is 7.60. The van der Waals surface area contributed by atoms with E-state index < -0.39 is 95.0 Å². The van der Waals surface area contributed by atoms with E-state index in [0.29, 0.717) is 0 Å². The number of carboxylic acid groups (broad SMARTS) is 1. The number of ether oxygens (including phenoxy) is 1. The fourth-order valence-electron chi connectivity index (χ4n) is 2.72. The first kappa shape index (κ1) is 34.1. The van der Waals surface area contributed by atoms with Crippen molar-refractivity contribution < 1.29 is 83.0 Å². The number of hydrogen-bond acceptors (Lipinski definition) is 15. The van der Waals surface area contributed by atoms with E-state index in [0.717, 1.165) is 16.8 Å². The summed E-state index contributed by atoms with van der Waals surface area (Å²) >= 11 is 0. The molecule has 0 amide bonds. The largest absolute Gasteiger partial charge is 0.481 e. The summed E-state index contributed by atoms with van der Waals surface area (Å²) in [6.07, 6.45) is -13.1. The number of aromatic amines is 1. The maximum atomic E-state index is 11.7. The standard InChI is InChI=1S/C9H14N2O12P2.C6H12O7/c12-5-1-2-11(9(15)10-5)8-7(14)6(13)4(22-8)3-21-25(19,20)23-24(16,17)18;7-1-2(8)3(9)4(10)5(11)6(12)13/h1-2,4,6-8,13-14H,3H2,(H,19,20)(H,10,12,15)(H2,16,17,18);2-5,7-11H,1H2,(H,12,13)/t4-,6-,7-,8-;/m1./s1. The first-order valence-electron chi connectivity index (χ1n) is 9.94. The van der Waals surface area contributed by atoms with Crippen molar-refractivity contribution in [2.45, 2.75) is 49.0 Å². The SMILES string of the molecule is O=C(O)C(O)C(O)C(O)C(O)CO.O=c1ccn([C@@H]2O[C@H](COP(=O)(O)OP(=O)(O)O)[C@@H](O)[C@H]2O)c(=O)[nH]1. The first-order valence-corrected chi connectivity index (χ1v) is 13.0. The van der Waals surface area contributed by atoms with Crippen molar-refractivity contribution in [1.82, 2.24) is 9.55 Å². The van der Waals surface area contributed by atoms with E-state index in [-0.39, 0.29) is 0 Å². The van der Waals surface area contributed by atoms with Crippen molar-refractivity contribution >= 4 is 21.6 Å². The maximum absolute atomic E-state index is 11.7. The summed E-state index contributed by atoms with van der Waals surface area (Å²) in [7, 11) is -10.5. The molecule has 38 heavy (non-hydrogen) atoms. The van der Waals surface area contributed by atoms with Gasteiger partial charge < -0.3 is 60.3 Å². The zero-order valence-corrected chi connectivity index (χ0v) is 20.5. The molecule has 2 rings (SSSR count). The average molecular weight is 600 g/mol. The highest BCUT2D eigenvalue weighted by atomic mass is 31.3. The van der Waals surface area contributed by atoms with Crippen LogP contribution in [0.5, 0.6) is 0 Å². The summed E-state index contributed by atoms with van der Waals surface area (Å²) in [4.78, 5) is 60.8. The second kappa shape index (κ2) is 13.9. The Balaban J connectivity index is 0.000000471. The fourth-order valence-corrected chi connectivity index (χ4v) is 4.32. The number of aromatic nitrogens is 2. The van der Waals surface area contributed by atoms with Gasteiger partial charge in [0.2, 0.25) is 0 Å². The number of H-pyrrole nitrogens is 1. The summed E-state index contributed by atoms with van der Waals surface area (Å²) in [6.45, 7) is -1.74. The monoisotopic (exact) mass is 600 g/mol. The van der Waals surface area contributed by atoms with Crippen LogP contribution in [0.1, 0.15) is 6.23 Å². The molecule has 1 aliphatic heterocycles. The number of phosphoric acid groups is 2. The van der Waals surface area contributed by atoms with Crippen molar-refractivity contribution in [3.05, 3.63) is 33.1 Å². The summed E-state index contributed by atoms with van der Waals surface area (Å²) in [5, 5.41) is 71.6. The Kier molecular flexibility index (Phi) is 12.5. The Hall–Kier alpha value is -1.91. The second-order valence-electron chi connectivity index (χ2n) is 7.41. The molecular weight excluding hydrogens is 574 g/mol. The zero-order valence-electron chi connectivity index (χ0n) is 18.7. The molecule has 0 radical (unpaired) electrons. The van der Waals surface area contributed by atoms with Crippen molar-refractivity contribution in [2.24, 2.45) is 0 Å². The highest BCUT2D eigenvalue weighted by Crippen LogP contribution is 2.57. The molecule has 1 fully saturated rings. The topological polar surface area (TPSA) is 356 Å².